The van der Waals surface area contributed by atoms with Crippen molar-refractivity contribution in [2.24, 2.45) is 0 Å². The minimum absolute atomic E-state index is 0.0588. The molecule has 0 radical (unpaired) electrons. The highest BCUT2D eigenvalue weighted by atomic mass is 32.2. The molecule has 1 atom stereocenters. The molecule has 1 aliphatic heterocycles. The van der Waals surface area contributed by atoms with E-state index in [1.165, 1.54) is 35.6 Å². The third kappa shape index (κ3) is 5.50. The smallest absolute Gasteiger partial charge is 0.269 e. The van der Waals surface area contributed by atoms with E-state index in [1.807, 2.05) is 0 Å². The number of nitro benzene ring substituents is 1. The molecule has 2 amide bonds. The first-order chi connectivity index (χ1) is 15.7. The van der Waals surface area contributed by atoms with Crippen LogP contribution in [0.2, 0.25) is 0 Å². The molecule has 0 spiro atoms. The molecular formula is C21H23N3O7S2. The van der Waals surface area contributed by atoms with Gasteiger partial charge in [0.25, 0.3) is 17.5 Å². The Morgan fingerprint density at radius 3 is 2.58 bits per heavy atom. The number of rotatable bonds is 7. The van der Waals surface area contributed by atoms with Gasteiger partial charge in [-0.15, -0.1) is 11.3 Å². The Balaban J connectivity index is 1.45. The number of benzene rings is 1. The number of fused-ring (bicyclic) bond motifs is 1. The third-order valence-electron chi connectivity index (χ3n) is 5.64. The van der Waals surface area contributed by atoms with Gasteiger partial charge in [0.1, 0.15) is 10.8 Å². The zero-order valence-electron chi connectivity index (χ0n) is 17.7. The standard InChI is InChI=1S/C21H23N3O7S2/c25-18(11-31-15-7-5-14(6-8-15)24(27)28)23-21-19(16-3-1-2-4-17(16)32-21)20(26)22-13-9-10-33(29,30)12-13/h5-8,13H,1-4,9-12H2,(H,22,26)(H,23,25)/t13-/m0/s1. The van der Waals surface area contributed by atoms with Gasteiger partial charge in [0.15, 0.2) is 16.4 Å². The van der Waals surface area contributed by atoms with E-state index in [0.29, 0.717) is 22.7 Å². The summed E-state index contributed by atoms with van der Waals surface area (Å²) in [6.07, 6.45) is 3.88. The van der Waals surface area contributed by atoms with E-state index >= 15 is 0 Å². The second-order valence-corrected chi connectivity index (χ2v) is 11.4. The number of anilines is 1. The number of sulfone groups is 1. The van der Waals surface area contributed by atoms with Gasteiger partial charge in [-0.3, -0.25) is 19.7 Å². The molecule has 4 rings (SSSR count). The molecule has 176 valence electrons. The number of thiophene rings is 1. The lowest BCUT2D eigenvalue weighted by Gasteiger charge is -2.15. The molecular weight excluding hydrogens is 470 g/mol. The fourth-order valence-corrected chi connectivity index (χ4v) is 7.01. The highest BCUT2D eigenvalue weighted by molar-refractivity contribution is 7.91. The van der Waals surface area contributed by atoms with Gasteiger partial charge in [0.2, 0.25) is 0 Å². The maximum absolute atomic E-state index is 13.1. The predicted octanol–water partition coefficient (Wildman–Crippen LogP) is 2.47. The summed E-state index contributed by atoms with van der Waals surface area (Å²) in [4.78, 5) is 36.9. The topological polar surface area (TPSA) is 145 Å². The Kier molecular flexibility index (Phi) is 6.66. The molecule has 2 aromatic rings. The van der Waals surface area contributed by atoms with E-state index in [9.17, 15) is 28.1 Å². The molecule has 1 saturated heterocycles. The van der Waals surface area contributed by atoms with Crippen molar-refractivity contribution in [3.05, 3.63) is 50.4 Å². The highest BCUT2D eigenvalue weighted by Crippen LogP contribution is 2.38. The number of nitrogens with zero attached hydrogens (tertiary/aromatic N) is 1. The molecule has 1 aliphatic carbocycles. The molecule has 1 aromatic carbocycles. The van der Waals surface area contributed by atoms with E-state index in [-0.39, 0.29) is 29.7 Å². The number of amides is 2. The SMILES string of the molecule is O=C(COc1ccc([N+](=O)[O-])cc1)Nc1sc2c(c1C(=O)N[C@H]1CCS(=O)(=O)C1)CCCC2. The monoisotopic (exact) mass is 493 g/mol. The molecule has 12 heteroatoms. The van der Waals surface area contributed by atoms with E-state index < -0.39 is 26.7 Å². The number of carbonyl (C=O) groups is 2. The number of ether oxygens (including phenoxy) is 1. The summed E-state index contributed by atoms with van der Waals surface area (Å²) < 4.78 is 28.9. The van der Waals surface area contributed by atoms with Crippen molar-refractivity contribution in [2.45, 2.75) is 38.1 Å². The van der Waals surface area contributed by atoms with E-state index in [0.717, 1.165) is 36.1 Å². The summed E-state index contributed by atoms with van der Waals surface area (Å²) in [5.41, 5.74) is 1.24. The van der Waals surface area contributed by atoms with Gasteiger partial charge >= 0.3 is 0 Å². The number of non-ortho nitro benzene ring substituents is 1. The van der Waals surface area contributed by atoms with Crippen LogP contribution in [0.3, 0.4) is 0 Å². The first-order valence-electron chi connectivity index (χ1n) is 10.5. The zero-order valence-corrected chi connectivity index (χ0v) is 19.3. The Bertz CT molecular complexity index is 1190. The maximum atomic E-state index is 13.1. The normalized spacial score (nSPS) is 18.8. The fourth-order valence-electron chi connectivity index (χ4n) is 4.04. The second-order valence-electron chi connectivity index (χ2n) is 8.08. The van der Waals surface area contributed by atoms with Crippen molar-refractivity contribution in [3.63, 3.8) is 0 Å². The third-order valence-corrected chi connectivity index (χ3v) is 8.61. The van der Waals surface area contributed by atoms with Crippen LogP contribution in [0.25, 0.3) is 0 Å². The fraction of sp³-hybridized carbons (Fsp3) is 0.429. The Hall–Kier alpha value is -2.99. The molecule has 0 unspecified atom stereocenters. The van der Waals surface area contributed by atoms with Crippen LogP contribution in [0.5, 0.6) is 5.75 Å². The number of nitrogens with one attached hydrogen (secondary N) is 2. The van der Waals surface area contributed by atoms with Gasteiger partial charge in [0, 0.05) is 23.1 Å². The molecule has 33 heavy (non-hydrogen) atoms. The number of nitro groups is 1. The van der Waals surface area contributed by atoms with Crippen molar-refractivity contribution >= 4 is 43.7 Å². The van der Waals surface area contributed by atoms with Gasteiger partial charge in [-0.25, -0.2) is 8.42 Å². The predicted molar refractivity (Wildman–Crippen MR) is 123 cm³/mol. The van der Waals surface area contributed by atoms with Crippen LogP contribution in [0, 0.1) is 10.1 Å². The van der Waals surface area contributed by atoms with Crippen LogP contribution in [0.1, 0.15) is 40.1 Å². The maximum Gasteiger partial charge on any atom is 0.269 e. The number of carbonyl (C=O) groups excluding carboxylic acids is 2. The molecule has 2 heterocycles. The lowest BCUT2D eigenvalue weighted by atomic mass is 9.95. The lowest BCUT2D eigenvalue weighted by Crippen LogP contribution is -2.36. The van der Waals surface area contributed by atoms with Crippen molar-refractivity contribution in [3.8, 4) is 5.75 Å². The number of hydrogen-bond donors (Lipinski definition) is 2. The van der Waals surface area contributed by atoms with Gasteiger partial charge < -0.3 is 15.4 Å². The zero-order chi connectivity index (χ0) is 23.6. The van der Waals surface area contributed by atoms with Gasteiger partial charge in [-0.05, 0) is 49.8 Å². The molecule has 0 bridgehead atoms. The minimum Gasteiger partial charge on any atom is -0.484 e. The summed E-state index contributed by atoms with van der Waals surface area (Å²) >= 11 is 1.36. The van der Waals surface area contributed by atoms with E-state index in [4.69, 9.17) is 4.74 Å². The summed E-state index contributed by atoms with van der Waals surface area (Å²) in [6.45, 7) is -0.331. The Morgan fingerprint density at radius 1 is 1.18 bits per heavy atom. The van der Waals surface area contributed by atoms with Crippen molar-refractivity contribution in [2.75, 3.05) is 23.4 Å². The summed E-state index contributed by atoms with van der Waals surface area (Å²) in [7, 11) is -3.13. The van der Waals surface area contributed by atoms with Gasteiger partial charge in [0.05, 0.1) is 22.0 Å². The van der Waals surface area contributed by atoms with Gasteiger partial charge in [-0.2, -0.15) is 0 Å². The van der Waals surface area contributed by atoms with E-state index in [1.54, 1.807) is 0 Å². The molecule has 1 aromatic heterocycles. The van der Waals surface area contributed by atoms with Crippen molar-refractivity contribution < 1.29 is 27.7 Å². The van der Waals surface area contributed by atoms with Crippen LogP contribution in [-0.2, 0) is 27.5 Å². The second kappa shape index (κ2) is 9.48. The Labute approximate surface area is 194 Å². The molecule has 0 saturated carbocycles. The largest absolute Gasteiger partial charge is 0.484 e. The van der Waals surface area contributed by atoms with Crippen LogP contribution >= 0.6 is 11.3 Å². The summed E-state index contributed by atoms with van der Waals surface area (Å²) in [6, 6.07) is 4.95. The van der Waals surface area contributed by atoms with Crippen molar-refractivity contribution in [1.29, 1.82) is 0 Å². The summed E-state index contributed by atoms with van der Waals surface area (Å²) in [5.74, 6) is -0.548. The Morgan fingerprint density at radius 2 is 1.91 bits per heavy atom. The van der Waals surface area contributed by atoms with E-state index in [2.05, 4.69) is 10.6 Å². The first kappa shape index (κ1) is 23.2. The first-order valence-corrected chi connectivity index (χ1v) is 13.2. The average molecular weight is 494 g/mol. The number of hydrogen-bond acceptors (Lipinski definition) is 8. The molecule has 2 aliphatic rings. The van der Waals surface area contributed by atoms with Crippen LogP contribution < -0.4 is 15.4 Å². The minimum atomic E-state index is -3.13. The van der Waals surface area contributed by atoms with Crippen LogP contribution in [-0.4, -0.2) is 49.3 Å². The lowest BCUT2D eigenvalue weighted by molar-refractivity contribution is -0.384. The van der Waals surface area contributed by atoms with Crippen LogP contribution in [0.4, 0.5) is 10.7 Å². The summed E-state index contributed by atoms with van der Waals surface area (Å²) in [5, 5.41) is 16.7. The quantitative estimate of drug-likeness (QED) is 0.445. The van der Waals surface area contributed by atoms with Crippen LogP contribution in [0.15, 0.2) is 24.3 Å². The molecule has 1 fully saturated rings. The molecule has 10 nitrogen and oxygen atoms in total. The van der Waals surface area contributed by atoms with Crippen molar-refractivity contribution in [1.82, 2.24) is 5.32 Å². The average Bonchev–Trinajstić information content (AvgIpc) is 3.31. The highest BCUT2D eigenvalue weighted by Gasteiger charge is 2.32. The molecule has 2 N–H and O–H groups in total. The van der Waals surface area contributed by atoms with Gasteiger partial charge in [-0.1, -0.05) is 0 Å². The number of aryl methyl sites for hydroxylation is 1.